The zero-order valence-corrected chi connectivity index (χ0v) is 21.1. The smallest absolute Gasteiger partial charge is 0.279 e. The molecule has 184 valence electrons. The van der Waals surface area contributed by atoms with Crippen molar-refractivity contribution >= 4 is 15.7 Å². The van der Waals surface area contributed by atoms with Crippen LogP contribution in [0.5, 0.6) is 23.0 Å². The third-order valence-electron chi connectivity index (χ3n) is 5.95. The molecule has 0 unspecified atom stereocenters. The molecule has 0 saturated heterocycles. The summed E-state index contributed by atoms with van der Waals surface area (Å²) in [5.74, 6) is 2.19. The summed E-state index contributed by atoms with van der Waals surface area (Å²) in [5.41, 5.74) is 3.06. The number of sulfonamides is 1. The molecule has 0 radical (unpaired) electrons. The van der Waals surface area contributed by atoms with E-state index in [9.17, 15) is 8.42 Å². The molecule has 0 aromatic heterocycles. The predicted molar refractivity (Wildman–Crippen MR) is 133 cm³/mol. The molecule has 0 N–H and O–H groups in total. The minimum Gasteiger partial charge on any atom is -0.493 e. The maximum atomic E-state index is 13.7. The van der Waals surface area contributed by atoms with Gasteiger partial charge in [0.05, 0.1) is 45.1 Å². The molecule has 0 bridgehead atoms. The third kappa shape index (κ3) is 4.64. The van der Waals surface area contributed by atoms with Crippen molar-refractivity contribution in [3.8, 4) is 23.0 Å². The van der Waals surface area contributed by atoms with Crippen molar-refractivity contribution in [2.45, 2.75) is 24.3 Å². The molecule has 35 heavy (non-hydrogen) atoms. The van der Waals surface area contributed by atoms with Crippen LogP contribution in [0.15, 0.2) is 70.7 Å². The Hall–Kier alpha value is -3.72. The zero-order valence-electron chi connectivity index (χ0n) is 20.3. The third-order valence-corrected chi connectivity index (χ3v) is 7.64. The van der Waals surface area contributed by atoms with Gasteiger partial charge in [0.15, 0.2) is 23.0 Å². The molecule has 1 heterocycles. The summed E-state index contributed by atoms with van der Waals surface area (Å²) in [5, 5.41) is 4.61. The summed E-state index contributed by atoms with van der Waals surface area (Å²) in [6.07, 6.45) is 0.357. The van der Waals surface area contributed by atoms with Crippen molar-refractivity contribution in [2.24, 2.45) is 5.10 Å². The summed E-state index contributed by atoms with van der Waals surface area (Å²) < 4.78 is 50.2. The van der Waals surface area contributed by atoms with Gasteiger partial charge in [-0.1, -0.05) is 23.8 Å². The Morgan fingerprint density at radius 2 is 1.34 bits per heavy atom. The maximum absolute atomic E-state index is 13.7. The Labute approximate surface area is 205 Å². The van der Waals surface area contributed by atoms with Gasteiger partial charge in [-0.2, -0.15) is 17.9 Å². The lowest BCUT2D eigenvalue weighted by molar-refractivity contribution is 0.348. The van der Waals surface area contributed by atoms with Crippen LogP contribution in [-0.4, -0.2) is 47.0 Å². The number of aryl methyl sites for hydroxylation is 1. The number of nitrogens with zero attached hydrogens (tertiary/aromatic N) is 2. The minimum absolute atomic E-state index is 0.172. The van der Waals surface area contributed by atoms with E-state index in [1.54, 1.807) is 77.0 Å². The van der Waals surface area contributed by atoms with Crippen LogP contribution < -0.4 is 18.9 Å². The molecule has 4 rings (SSSR count). The average Bonchev–Trinajstić information content (AvgIpc) is 3.34. The van der Waals surface area contributed by atoms with Crippen LogP contribution in [0.25, 0.3) is 0 Å². The van der Waals surface area contributed by atoms with Crippen LogP contribution in [0.2, 0.25) is 0 Å². The number of hydrogen-bond donors (Lipinski definition) is 0. The van der Waals surface area contributed by atoms with Gasteiger partial charge in [-0.15, -0.1) is 0 Å². The molecule has 9 heteroatoms. The summed E-state index contributed by atoms with van der Waals surface area (Å²) in [4.78, 5) is 0.172. The van der Waals surface area contributed by atoms with Gasteiger partial charge in [0.2, 0.25) is 0 Å². The van der Waals surface area contributed by atoms with Crippen molar-refractivity contribution in [2.75, 3.05) is 28.4 Å². The van der Waals surface area contributed by atoms with Gasteiger partial charge in [-0.3, -0.25) is 0 Å². The van der Waals surface area contributed by atoms with E-state index in [0.29, 0.717) is 35.1 Å². The number of rotatable bonds is 8. The quantitative estimate of drug-likeness (QED) is 0.454. The average molecular weight is 497 g/mol. The Morgan fingerprint density at radius 3 is 1.94 bits per heavy atom. The molecule has 0 aliphatic carbocycles. The van der Waals surface area contributed by atoms with Gasteiger partial charge in [0.1, 0.15) is 0 Å². The first-order valence-electron chi connectivity index (χ1n) is 10.9. The fourth-order valence-electron chi connectivity index (χ4n) is 4.03. The molecule has 0 fully saturated rings. The van der Waals surface area contributed by atoms with Crippen molar-refractivity contribution in [1.29, 1.82) is 0 Å². The second-order valence-corrected chi connectivity index (χ2v) is 9.84. The lowest BCUT2D eigenvalue weighted by Gasteiger charge is -2.24. The Balaban J connectivity index is 1.82. The molecular weight excluding hydrogens is 468 g/mol. The standard InChI is InChI=1S/C26H28N2O6S/c1-17-6-10-20(11-7-17)35(29,30)28-22(19-9-13-24(32-3)26(15-19)34-5)16-21(27-28)18-8-12-23(31-2)25(14-18)33-4/h6-15,22H,16H2,1-5H3/t22-/m1/s1. The Morgan fingerprint density at radius 1 is 0.771 bits per heavy atom. The van der Waals surface area contributed by atoms with Crippen LogP contribution in [0.1, 0.15) is 29.2 Å². The number of hydrazone groups is 1. The molecule has 8 nitrogen and oxygen atoms in total. The van der Waals surface area contributed by atoms with E-state index in [0.717, 1.165) is 16.7 Å². The normalized spacial score (nSPS) is 15.5. The van der Waals surface area contributed by atoms with Gasteiger partial charge >= 0.3 is 0 Å². The second-order valence-electron chi connectivity index (χ2n) is 8.04. The van der Waals surface area contributed by atoms with Gasteiger partial charge in [0.25, 0.3) is 10.0 Å². The Bertz CT molecular complexity index is 1350. The van der Waals surface area contributed by atoms with E-state index in [2.05, 4.69) is 5.10 Å². The maximum Gasteiger partial charge on any atom is 0.279 e. The summed E-state index contributed by atoms with van der Waals surface area (Å²) in [7, 11) is 2.28. The number of methoxy groups -OCH3 is 4. The minimum atomic E-state index is -3.94. The summed E-state index contributed by atoms with van der Waals surface area (Å²) in [6.45, 7) is 1.91. The van der Waals surface area contributed by atoms with E-state index in [1.807, 2.05) is 19.1 Å². The summed E-state index contributed by atoms with van der Waals surface area (Å²) in [6, 6.07) is 17.0. The number of benzene rings is 3. The topological polar surface area (TPSA) is 86.7 Å². The molecule has 0 saturated carbocycles. The van der Waals surface area contributed by atoms with Crippen LogP contribution >= 0.6 is 0 Å². The highest BCUT2D eigenvalue weighted by Gasteiger charge is 2.38. The predicted octanol–water partition coefficient (Wildman–Crippen LogP) is 4.57. The highest BCUT2D eigenvalue weighted by Crippen LogP contribution is 2.41. The van der Waals surface area contributed by atoms with Crippen LogP contribution in [0.3, 0.4) is 0 Å². The first kappa shape index (κ1) is 24.4. The van der Waals surface area contributed by atoms with Crippen molar-refractivity contribution < 1.29 is 27.4 Å². The van der Waals surface area contributed by atoms with Crippen LogP contribution in [0.4, 0.5) is 0 Å². The van der Waals surface area contributed by atoms with Crippen molar-refractivity contribution in [3.63, 3.8) is 0 Å². The highest BCUT2D eigenvalue weighted by molar-refractivity contribution is 7.89. The fraction of sp³-hybridized carbons (Fsp3) is 0.269. The number of hydrogen-bond acceptors (Lipinski definition) is 7. The first-order chi connectivity index (χ1) is 16.8. The fourth-order valence-corrected chi connectivity index (χ4v) is 5.46. The van der Waals surface area contributed by atoms with Gasteiger partial charge in [-0.25, -0.2) is 0 Å². The van der Waals surface area contributed by atoms with E-state index >= 15 is 0 Å². The largest absolute Gasteiger partial charge is 0.493 e. The lowest BCUT2D eigenvalue weighted by Crippen LogP contribution is -2.27. The SMILES string of the molecule is COc1ccc(C2=NN(S(=O)(=O)c3ccc(C)cc3)[C@@H](c3ccc(OC)c(OC)c3)C2)cc1OC. The van der Waals surface area contributed by atoms with Crippen molar-refractivity contribution in [1.82, 2.24) is 4.41 Å². The molecule has 1 atom stereocenters. The second kappa shape index (κ2) is 9.87. The molecule has 3 aromatic rings. The Kier molecular flexibility index (Phi) is 6.88. The summed E-state index contributed by atoms with van der Waals surface area (Å²) >= 11 is 0. The first-order valence-corrected chi connectivity index (χ1v) is 12.4. The van der Waals surface area contributed by atoms with Gasteiger partial charge in [-0.05, 0) is 55.0 Å². The van der Waals surface area contributed by atoms with Gasteiger partial charge < -0.3 is 18.9 Å². The van der Waals surface area contributed by atoms with E-state index in [4.69, 9.17) is 18.9 Å². The van der Waals surface area contributed by atoms with Crippen molar-refractivity contribution in [3.05, 3.63) is 77.4 Å². The lowest BCUT2D eigenvalue weighted by atomic mass is 9.98. The zero-order chi connectivity index (χ0) is 25.2. The van der Waals surface area contributed by atoms with E-state index in [1.165, 1.54) is 4.41 Å². The van der Waals surface area contributed by atoms with Crippen LogP contribution in [0, 0.1) is 6.92 Å². The molecule has 0 amide bonds. The van der Waals surface area contributed by atoms with E-state index in [-0.39, 0.29) is 4.90 Å². The molecule has 1 aliphatic rings. The molecular formula is C26H28N2O6S. The number of ether oxygens (including phenoxy) is 4. The monoisotopic (exact) mass is 496 g/mol. The molecule has 1 aliphatic heterocycles. The molecule has 3 aromatic carbocycles. The van der Waals surface area contributed by atoms with Gasteiger partial charge in [0, 0.05) is 12.0 Å². The van der Waals surface area contributed by atoms with E-state index < -0.39 is 16.1 Å². The van der Waals surface area contributed by atoms with Crippen LogP contribution in [-0.2, 0) is 10.0 Å². The highest BCUT2D eigenvalue weighted by atomic mass is 32.2. The molecule has 0 spiro atoms.